The SMILES string of the molecule is O=C1CN[C@@]2(c3ccco3)C(=O)c3ccccc3[C@@H]12. The van der Waals surface area contributed by atoms with Crippen molar-refractivity contribution in [3.63, 3.8) is 0 Å². The zero-order valence-electron chi connectivity index (χ0n) is 10.1. The monoisotopic (exact) mass is 253 g/mol. The van der Waals surface area contributed by atoms with Crippen LogP contribution in [0, 0.1) is 0 Å². The average Bonchev–Trinajstić information content (AvgIpc) is 3.10. The second kappa shape index (κ2) is 3.42. The zero-order chi connectivity index (χ0) is 13.0. The van der Waals surface area contributed by atoms with Crippen LogP contribution in [0.15, 0.2) is 47.1 Å². The van der Waals surface area contributed by atoms with Gasteiger partial charge < -0.3 is 4.42 Å². The molecule has 2 aromatic rings. The molecule has 1 aromatic carbocycles. The Morgan fingerprint density at radius 1 is 1.16 bits per heavy atom. The number of carbonyl (C=O) groups is 2. The summed E-state index contributed by atoms with van der Waals surface area (Å²) in [6.07, 6.45) is 1.53. The van der Waals surface area contributed by atoms with Gasteiger partial charge in [-0.05, 0) is 17.7 Å². The molecule has 94 valence electrons. The summed E-state index contributed by atoms with van der Waals surface area (Å²) < 4.78 is 5.44. The van der Waals surface area contributed by atoms with Crippen molar-refractivity contribution in [1.82, 2.24) is 5.32 Å². The van der Waals surface area contributed by atoms with Crippen molar-refractivity contribution in [3.8, 4) is 0 Å². The molecule has 0 spiro atoms. The number of hydrogen-bond donors (Lipinski definition) is 1. The molecule has 4 rings (SSSR count). The lowest BCUT2D eigenvalue weighted by Crippen LogP contribution is -2.44. The summed E-state index contributed by atoms with van der Waals surface area (Å²) in [6, 6.07) is 10.8. The largest absolute Gasteiger partial charge is 0.467 e. The third-order valence-corrected chi connectivity index (χ3v) is 4.08. The number of Topliss-reactive ketones (excluding diaryl/α,β-unsaturated/α-hetero) is 2. The van der Waals surface area contributed by atoms with E-state index in [2.05, 4.69) is 5.32 Å². The van der Waals surface area contributed by atoms with Crippen LogP contribution in [-0.2, 0) is 10.3 Å². The summed E-state index contributed by atoms with van der Waals surface area (Å²) in [7, 11) is 0. The highest BCUT2D eigenvalue weighted by molar-refractivity contribution is 6.16. The highest BCUT2D eigenvalue weighted by Crippen LogP contribution is 2.50. The van der Waals surface area contributed by atoms with E-state index in [4.69, 9.17) is 4.42 Å². The standard InChI is InChI=1S/C15H11NO3/c17-11-8-16-15(12-6-3-7-19-12)13(11)9-4-1-2-5-10(9)14(15)18/h1-7,13,16H,8H2/t13-,15+/m0/s1. The lowest BCUT2D eigenvalue weighted by atomic mass is 9.83. The van der Waals surface area contributed by atoms with E-state index >= 15 is 0 Å². The molecule has 2 heterocycles. The number of fused-ring (bicyclic) bond motifs is 3. The van der Waals surface area contributed by atoms with Gasteiger partial charge in [-0.3, -0.25) is 14.9 Å². The number of furan rings is 1. The summed E-state index contributed by atoms with van der Waals surface area (Å²) in [4.78, 5) is 25.0. The first-order chi connectivity index (χ1) is 9.25. The third kappa shape index (κ3) is 1.12. The topological polar surface area (TPSA) is 59.3 Å². The van der Waals surface area contributed by atoms with Crippen molar-refractivity contribution in [2.45, 2.75) is 11.5 Å². The molecule has 1 saturated heterocycles. The van der Waals surface area contributed by atoms with Gasteiger partial charge in [0, 0.05) is 5.56 Å². The van der Waals surface area contributed by atoms with Gasteiger partial charge in [0.25, 0.3) is 0 Å². The van der Waals surface area contributed by atoms with Crippen LogP contribution in [0.3, 0.4) is 0 Å². The van der Waals surface area contributed by atoms with Crippen molar-refractivity contribution in [2.24, 2.45) is 0 Å². The zero-order valence-corrected chi connectivity index (χ0v) is 10.1. The van der Waals surface area contributed by atoms with Crippen molar-refractivity contribution >= 4 is 11.6 Å². The predicted octanol–water partition coefficient (Wildman–Crippen LogP) is 1.63. The molecule has 0 bridgehead atoms. The van der Waals surface area contributed by atoms with Crippen molar-refractivity contribution in [3.05, 3.63) is 59.5 Å². The summed E-state index contributed by atoms with van der Waals surface area (Å²) in [6.45, 7) is 0.200. The minimum Gasteiger partial charge on any atom is -0.467 e. The van der Waals surface area contributed by atoms with Crippen LogP contribution < -0.4 is 5.32 Å². The van der Waals surface area contributed by atoms with Gasteiger partial charge >= 0.3 is 0 Å². The molecule has 0 unspecified atom stereocenters. The van der Waals surface area contributed by atoms with E-state index in [1.165, 1.54) is 6.26 Å². The van der Waals surface area contributed by atoms with Gasteiger partial charge in [0.1, 0.15) is 5.76 Å². The highest BCUT2D eigenvalue weighted by atomic mass is 16.3. The molecular formula is C15H11NO3. The number of benzene rings is 1. The van der Waals surface area contributed by atoms with Crippen LogP contribution in [-0.4, -0.2) is 18.1 Å². The number of rotatable bonds is 1. The first-order valence-electron chi connectivity index (χ1n) is 6.20. The summed E-state index contributed by atoms with van der Waals surface area (Å²) in [5.41, 5.74) is 0.382. The smallest absolute Gasteiger partial charge is 0.192 e. The van der Waals surface area contributed by atoms with E-state index in [0.29, 0.717) is 11.3 Å². The van der Waals surface area contributed by atoms with Gasteiger partial charge in [-0.2, -0.15) is 0 Å². The van der Waals surface area contributed by atoms with E-state index in [-0.39, 0.29) is 18.1 Å². The average molecular weight is 253 g/mol. The molecule has 4 nitrogen and oxygen atoms in total. The quantitative estimate of drug-likeness (QED) is 0.839. The Hall–Kier alpha value is -2.20. The second-order valence-corrected chi connectivity index (χ2v) is 4.95. The molecular weight excluding hydrogens is 242 g/mol. The highest BCUT2D eigenvalue weighted by Gasteiger charge is 2.62. The molecule has 4 heteroatoms. The predicted molar refractivity (Wildman–Crippen MR) is 66.9 cm³/mol. The van der Waals surface area contributed by atoms with Crippen LogP contribution in [0.25, 0.3) is 0 Å². The third-order valence-electron chi connectivity index (χ3n) is 4.08. The minimum atomic E-state index is -1.04. The van der Waals surface area contributed by atoms with Crippen LogP contribution in [0.4, 0.5) is 0 Å². The molecule has 2 atom stereocenters. The number of nitrogens with one attached hydrogen (secondary N) is 1. The molecule has 1 N–H and O–H groups in total. The Balaban J connectivity index is 2.02. The molecule has 1 aromatic heterocycles. The molecule has 2 aliphatic rings. The fraction of sp³-hybridized carbons (Fsp3) is 0.200. The van der Waals surface area contributed by atoms with E-state index in [9.17, 15) is 9.59 Å². The van der Waals surface area contributed by atoms with Crippen LogP contribution in [0.1, 0.15) is 27.6 Å². The van der Waals surface area contributed by atoms with Crippen LogP contribution in [0.5, 0.6) is 0 Å². The first-order valence-corrected chi connectivity index (χ1v) is 6.20. The van der Waals surface area contributed by atoms with Gasteiger partial charge in [-0.25, -0.2) is 0 Å². The molecule has 0 amide bonds. The maximum atomic E-state index is 12.8. The van der Waals surface area contributed by atoms with Gasteiger partial charge in [-0.15, -0.1) is 0 Å². The van der Waals surface area contributed by atoms with Crippen LogP contribution in [0.2, 0.25) is 0 Å². The number of hydrogen-bond acceptors (Lipinski definition) is 4. The van der Waals surface area contributed by atoms with E-state index in [0.717, 1.165) is 5.56 Å². The Bertz CT molecular complexity index is 689. The Morgan fingerprint density at radius 2 is 2.00 bits per heavy atom. The molecule has 1 aliphatic carbocycles. The fourth-order valence-corrected chi connectivity index (χ4v) is 3.30. The number of ketones is 2. The minimum absolute atomic E-state index is 0.0368. The lowest BCUT2D eigenvalue weighted by Gasteiger charge is -2.24. The molecule has 0 saturated carbocycles. The van der Waals surface area contributed by atoms with Crippen molar-refractivity contribution in [1.29, 1.82) is 0 Å². The Kier molecular flexibility index (Phi) is 1.93. The van der Waals surface area contributed by atoms with Gasteiger partial charge in [0.05, 0.1) is 18.7 Å². The molecule has 19 heavy (non-hydrogen) atoms. The van der Waals surface area contributed by atoms with Crippen LogP contribution >= 0.6 is 0 Å². The normalized spacial score (nSPS) is 28.5. The van der Waals surface area contributed by atoms with E-state index in [1.807, 2.05) is 18.2 Å². The fourth-order valence-electron chi connectivity index (χ4n) is 3.30. The van der Waals surface area contributed by atoms with Crippen molar-refractivity contribution in [2.75, 3.05) is 6.54 Å². The summed E-state index contributed by atoms with van der Waals surface area (Å²) in [5, 5.41) is 3.09. The maximum Gasteiger partial charge on any atom is 0.192 e. The molecule has 0 radical (unpaired) electrons. The Labute approximate surface area is 109 Å². The van der Waals surface area contributed by atoms with Crippen molar-refractivity contribution < 1.29 is 14.0 Å². The molecule has 1 aliphatic heterocycles. The molecule has 1 fully saturated rings. The Morgan fingerprint density at radius 3 is 2.79 bits per heavy atom. The first kappa shape index (κ1) is 10.7. The maximum absolute atomic E-state index is 12.8. The summed E-state index contributed by atoms with van der Waals surface area (Å²) >= 11 is 0. The van der Waals surface area contributed by atoms with Gasteiger partial charge in [0.15, 0.2) is 17.1 Å². The van der Waals surface area contributed by atoms with Gasteiger partial charge in [-0.1, -0.05) is 24.3 Å². The summed E-state index contributed by atoms with van der Waals surface area (Å²) in [5.74, 6) is 0.00972. The second-order valence-electron chi connectivity index (χ2n) is 4.95. The number of carbonyl (C=O) groups excluding carboxylic acids is 2. The lowest BCUT2D eigenvalue weighted by molar-refractivity contribution is -0.118. The van der Waals surface area contributed by atoms with Gasteiger partial charge in [0.2, 0.25) is 0 Å². The van der Waals surface area contributed by atoms with E-state index < -0.39 is 11.5 Å². The van der Waals surface area contributed by atoms with E-state index in [1.54, 1.807) is 18.2 Å².